The van der Waals surface area contributed by atoms with E-state index in [4.69, 9.17) is 23.7 Å². The van der Waals surface area contributed by atoms with Gasteiger partial charge in [0.2, 0.25) is 0 Å². The number of cyclic esters (lactones) is 1. The van der Waals surface area contributed by atoms with Crippen molar-refractivity contribution in [3.8, 4) is 0 Å². The van der Waals surface area contributed by atoms with Crippen LogP contribution in [0.2, 0.25) is 0 Å². The van der Waals surface area contributed by atoms with E-state index in [2.05, 4.69) is 31.0 Å². The number of hydrogen-bond acceptors (Lipinski definition) is 7. The van der Waals surface area contributed by atoms with Gasteiger partial charge in [-0.15, -0.1) is 0 Å². The molecule has 5 saturated carbocycles. The van der Waals surface area contributed by atoms with Gasteiger partial charge in [-0.1, -0.05) is 20.8 Å². The molecule has 12 atom stereocenters. The van der Waals surface area contributed by atoms with Crippen molar-refractivity contribution >= 4 is 6.09 Å². The van der Waals surface area contributed by atoms with Crippen LogP contribution in [0.3, 0.4) is 0 Å². The van der Waals surface area contributed by atoms with Gasteiger partial charge in [-0.2, -0.15) is 0 Å². The van der Waals surface area contributed by atoms with Crippen LogP contribution in [0.1, 0.15) is 98.8 Å². The summed E-state index contributed by atoms with van der Waals surface area (Å²) in [6.45, 7) is 16.1. The van der Waals surface area contributed by atoms with Gasteiger partial charge < -0.3 is 29.0 Å². The predicted molar refractivity (Wildman–Crippen MR) is 164 cm³/mol. The molecule has 4 heterocycles. The molecule has 5 aliphatic carbocycles. The lowest BCUT2D eigenvalue weighted by Gasteiger charge is -2.60. The summed E-state index contributed by atoms with van der Waals surface area (Å²) < 4.78 is 31.2. The minimum Gasteiger partial charge on any atom is -0.441 e. The molecule has 44 heavy (non-hydrogen) atoms. The van der Waals surface area contributed by atoms with Gasteiger partial charge in [0.15, 0.2) is 6.29 Å². The first-order chi connectivity index (χ1) is 21.0. The van der Waals surface area contributed by atoms with Gasteiger partial charge in [0, 0.05) is 6.54 Å². The van der Waals surface area contributed by atoms with Crippen LogP contribution in [-0.2, 0) is 23.7 Å². The highest BCUT2D eigenvalue weighted by atomic mass is 16.7. The SMILES string of the molecule is CC12CC[C@@]34CC35CC[C@H](OC3CN(C6COC6)CCO3)C(C)(C)C5CCC4C1CC1OC([C@@H]3NC(=O)OC3(C)C)CCC12. The molecule has 0 aromatic rings. The Morgan fingerprint density at radius 1 is 0.886 bits per heavy atom. The molecule has 9 fully saturated rings. The van der Waals surface area contributed by atoms with Gasteiger partial charge in [-0.25, -0.2) is 4.79 Å². The van der Waals surface area contributed by atoms with Gasteiger partial charge in [-0.3, -0.25) is 4.90 Å². The molecule has 246 valence electrons. The van der Waals surface area contributed by atoms with E-state index in [1.807, 2.05) is 13.8 Å². The third-order valence-corrected chi connectivity index (χ3v) is 15.8. The molecule has 4 aliphatic heterocycles. The quantitative estimate of drug-likeness (QED) is 0.448. The van der Waals surface area contributed by atoms with Crippen molar-refractivity contribution in [1.82, 2.24) is 10.2 Å². The largest absolute Gasteiger partial charge is 0.441 e. The van der Waals surface area contributed by atoms with Crippen molar-refractivity contribution < 1.29 is 28.5 Å². The van der Waals surface area contributed by atoms with Crippen LogP contribution in [0.15, 0.2) is 0 Å². The van der Waals surface area contributed by atoms with Crippen molar-refractivity contribution in [3.63, 3.8) is 0 Å². The van der Waals surface area contributed by atoms with E-state index in [1.165, 1.54) is 57.8 Å². The van der Waals surface area contributed by atoms with Gasteiger partial charge >= 0.3 is 6.09 Å². The molecule has 4 saturated heterocycles. The Hall–Kier alpha value is -0.930. The summed E-state index contributed by atoms with van der Waals surface area (Å²) in [7, 11) is 0. The first kappa shape index (κ1) is 29.2. The number of carbonyl (C=O) groups excluding carboxylic acids is 1. The van der Waals surface area contributed by atoms with Gasteiger partial charge in [0.1, 0.15) is 5.60 Å². The van der Waals surface area contributed by atoms with Crippen molar-refractivity contribution in [2.24, 2.45) is 45.3 Å². The lowest BCUT2D eigenvalue weighted by molar-refractivity contribution is -0.253. The number of fused-ring (bicyclic) bond motifs is 4. The molecule has 9 unspecified atom stereocenters. The molecule has 8 heteroatoms. The van der Waals surface area contributed by atoms with Crippen molar-refractivity contribution in [3.05, 3.63) is 0 Å². The zero-order valence-electron chi connectivity index (χ0n) is 27.8. The number of nitrogens with zero attached hydrogens (tertiary/aromatic N) is 1. The van der Waals surface area contributed by atoms with Crippen molar-refractivity contribution in [2.45, 2.75) is 141 Å². The normalized spacial score (nSPS) is 54.0. The lowest BCUT2D eigenvalue weighted by atomic mass is 9.46. The first-order valence-corrected chi connectivity index (χ1v) is 18.2. The summed E-state index contributed by atoms with van der Waals surface area (Å²) in [5.41, 5.74) is 1.08. The van der Waals surface area contributed by atoms with Gasteiger partial charge in [-0.05, 0) is 123 Å². The maximum atomic E-state index is 12.1. The van der Waals surface area contributed by atoms with Crippen molar-refractivity contribution in [1.29, 1.82) is 0 Å². The zero-order chi connectivity index (χ0) is 30.3. The molecule has 0 radical (unpaired) electrons. The fourth-order valence-electron chi connectivity index (χ4n) is 13.6. The molecule has 0 aromatic heterocycles. The topological polar surface area (TPSA) is 78.5 Å². The van der Waals surface area contributed by atoms with Crippen molar-refractivity contribution in [2.75, 3.05) is 32.9 Å². The van der Waals surface area contributed by atoms with E-state index in [-0.39, 0.29) is 36.0 Å². The summed E-state index contributed by atoms with van der Waals surface area (Å²) in [6, 6.07) is 0.486. The van der Waals surface area contributed by atoms with E-state index in [0.717, 1.165) is 57.1 Å². The smallest absolute Gasteiger partial charge is 0.408 e. The Labute approximate surface area is 263 Å². The Morgan fingerprint density at radius 3 is 2.45 bits per heavy atom. The Kier molecular flexibility index (Phi) is 6.36. The highest BCUT2D eigenvalue weighted by Crippen LogP contribution is 2.87. The molecular weight excluding hydrogens is 556 g/mol. The minimum absolute atomic E-state index is 0.0526. The fraction of sp³-hybridized carbons (Fsp3) is 0.972. The molecule has 1 amide bonds. The van der Waals surface area contributed by atoms with Gasteiger partial charge in [0.05, 0.1) is 56.8 Å². The monoisotopic (exact) mass is 612 g/mol. The molecule has 1 N–H and O–H groups in total. The maximum absolute atomic E-state index is 12.1. The second kappa shape index (κ2) is 9.58. The Morgan fingerprint density at radius 2 is 1.70 bits per heavy atom. The second-order valence-corrected chi connectivity index (χ2v) is 18.1. The van der Waals surface area contributed by atoms with E-state index in [9.17, 15) is 4.79 Å². The number of carbonyl (C=O) groups is 1. The number of alkyl carbamates (subject to hydrolysis) is 1. The minimum atomic E-state index is -0.518. The molecular formula is C36H56N2O6. The zero-order valence-corrected chi connectivity index (χ0v) is 27.8. The maximum Gasteiger partial charge on any atom is 0.408 e. The van der Waals surface area contributed by atoms with Gasteiger partial charge in [0.25, 0.3) is 0 Å². The molecule has 0 bridgehead atoms. The summed E-state index contributed by atoms with van der Waals surface area (Å²) in [5, 5.41) is 3.09. The third-order valence-electron chi connectivity index (χ3n) is 15.8. The number of morpholine rings is 1. The average Bonchev–Trinajstić information content (AvgIpc) is 3.39. The van der Waals surface area contributed by atoms with Crippen LogP contribution in [0, 0.1) is 45.3 Å². The van der Waals surface area contributed by atoms with Crippen LogP contribution in [0.4, 0.5) is 4.79 Å². The van der Waals surface area contributed by atoms with E-state index in [0.29, 0.717) is 34.3 Å². The number of rotatable bonds is 4. The van der Waals surface area contributed by atoms with Crippen LogP contribution < -0.4 is 5.32 Å². The average molecular weight is 613 g/mol. The molecule has 9 rings (SSSR count). The summed E-state index contributed by atoms with van der Waals surface area (Å²) in [6.07, 6.45) is 13.2. The third kappa shape index (κ3) is 3.90. The standard InChI is InChI=1S/C36H56N2O6/c1-32(2)27-9-7-22-24-16-26-23(6-8-25(42-26)30-33(3,4)44-31(39)37-30)34(24,5)12-13-35(22)20-36(27,35)11-10-28(32)43-29-17-38(14-15-41-29)21-18-40-19-21/h21-30H,6-20H2,1-5H3,(H,37,39)/t22?,23?,24?,25?,26?,27?,28-,29?,30-,34?,35-,36?/m0/s1. The Balaban J connectivity index is 0.902. The Bertz CT molecular complexity index is 1190. The first-order valence-electron chi connectivity index (χ1n) is 18.2. The van der Waals surface area contributed by atoms with Crippen LogP contribution in [0.5, 0.6) is 0 Å². The summed E-state index contributed by atoms with van der Waals surface area (Å²) in [5.74, 6) is 3.00. The molecule has 9 aliphatic rings. The number of nitrogens with one attached hydrogen (secondary N) is 1. The van der Waals surface area contributed by atoms with Crippen LogP contribution >= 0.6 is 0 Å². The summed E-state index contributed by atoms with van der Waals surface area (Å²) in [4.78, 5) is 14.6. The van der Waals surface area contributed by atoms with E-state index < -0.39 is 5.60 Å². The van der Waals surface area contributed by atoms with Crippen LogP contribution in [0.25, 0.3) is 0 Å². The number of amides is 1. The highest BCUT2D eigenvalue weighted by Gasteiger charge is 2.80. The van der Waals surface area contributed by atoms with E-state index in [1.54, 1.807) is 0 Å². The van der Waals surface area contributed by atoms with E-state index >= 15 is 0 Å². The molecule has 8 nitrogen and oxygen atoms in total. The number of hydrogen-bond donors (Lipinski definition) is 1. The highest BCUT2D eigenvalue weighted by molar-refractivity contribution is 5.71. The predicted octanol–water partition coefficient (Wildman–Crippen LogP) is 5.52. The van der Waals surface area contributed by atoms with Crippen LogP contribution in [-0.4, -0.2) is 86.2 Å². The lowest BCUT2D eigenvalue weighted by Crippen LogP contribution is -2.58. The summed E-state index contributed by atoms with van der Waals surface area (Å²) >= 11 is 0. The fourth-order valence-corrected chi connectivity index (χ4v) is 13.6. The number of ether oxygens (including phenoxy) is 5. The molecule has 2 spiro atoms. The second-order valence-electron chi connectivity index (χ2n) is 18.1. The molecule has 0 aromatic carbocycles.